The van der Waals surface area contributed by atoms with Crippen molar-refractivity contribution in [3.05, 3.63) is 33.3 Å². The van der Waals surface area contributed by atoms with E-state index in [0.717, 1.165) is 21.2 Å². The van der Waals surface area contributed by atoms with Crippen LogP contribution in [0.5, 0.6) is 0 Å². The number of benzene rings is 1. The zero-order chi connectivity index (χ0) is 16.5. The van der Waals surface area contributed by atoms with Gasteiger partial charge in [0.15, 0.2) is 0 Å². The standard InChI is InChI=1S/C16H21BrN2O2S/c1-5-19-10-14-11(8-15(19)20)6-13(17)7-12(14)9-18-22(21)16(2,3)4/h6-7,9H,5,8,10H2,1-4H3/b18-9+/t22-/m0/s1. The molecule has 1 heterocycles. The zero-order valence-electron chi connectivity index (χ0n) is 13.4. The molecule has 1 atom stereocenters. The topological polar surface area (TPSA) is 55.7 Å². The molecule has 6 heteroatoms. The fourth-order valence-corrected chi connectivity index (χ4v) is 3.34. The third kappa shape index (κ3) is 3.91. The van der Waals surface area contributed by atoms with Crippen molar-refractivity contribution >= 4 is 39.4 Å². The van der Waals surface area contributed by atoms with Crippen molar-refractivity contribution in [3.63, 3.8) is 0 Å². The molecule has 1 amide bonds. The number of amides is 1. The predicted octanol–water partition coefficient (Wildman–Crippen LogP) is 3.23. The Morgan fingerprint density at radius 1 is 1.45 bits per heavy atom. The number of halogens is 1. The molecule has 0 saturated carbocycles. The van der Waals surface area contributed by atoms with E-state index in [2.05, 4.69) is 20.3 Å². The van der Waals surface area contributed by atoms with Crippen LogP contribution < -0.4 is 0 Å². The molecule has 4 nitrogen and oxygen atoms in total. The van der Waals surface area contributed by atoms with Gasteiger partial charge in [-0.3, -0.25) is 4.79 Å². The summed E-state index contributed by atoms with van der Waals surface area (Å²) in [4.78, 5) is 13.9. The Bertz CT molecular complexity index is 611. The summed E-state index contributed by atoms with van der Waals surface area (Å²) in [5, 5.41) is 0. The van der Waals surface area contributed by atoms with Crippen molar-refractivity contribution in [2.24, 2.45) is 4.40 Å². The Balaban J connectivity index is 2.37. The zero-order valence-corrected chi connectivity index (χ0v) is 15.8. The number of hydrogen-bond acceptors (Lipinski definition) is 3. The van der Waals surface area contributed by atoms with E-state index >= 15 is 0 Å². The minimum absolute atomic E-state index is 0.147. The third-order valence-electron chi connectivity index (χ3n) is 3.58. The Morgan fingerprint density at radius 2 is 2.14 bits per heavy atom. The van der Waals surface area contributed by atoms with Crippen molar-refractivity contribution in [1.82, 2.24) is 4.90 Å². The molecule has 0 radical (unpaired) electrons. The summed E-state index contributed by atoms with van der Waals surface area (Å²) in [5.41, 5.74) is 3.04. The monoisotopic (exact) mass is 384 g/mol. The Morgan fingerprint density at radius 3 is 2.73 bits per heavy atom. The number of hydrogen-bond donors (Lipinski definition) is 0. The predicted molar refractivity (Wildman–Crippen MR) is 94.4 cm³/mol. The average Bonchev–Trinajstić information content (AvgIpc) is 2.42. The van der Waals surface area contributed by atoms with Gasteiger partial charge < -0.3 is 9.45 Å². The van der Waals surface area contributed by atoms with E-state index in [0.29, 0.717) is 19.5 Å². The van der Waals surface area contributed by atoms with E-state index in [-0.39, 0.29) is 10.7 Å². The van der Waals surface area contributed by atoms with Crippen LogP contribution in [0.3, 0.4) is 0 Å². The van der Waals surface area contributed by atoms with Gasteiger partial charge in [-0.05, 0) is 51.0 Å². The lowest BCUT2D eigenvalue weighted by Gasteiger charge is -2.29. The van der Waals surface area contributed by atoms with Gasteiger partial charge in [0.1, 0.15) is 16.1 Å². The molecular weight excluding hydrogens is 364 g/mol. The van der Waals surface area contributed by atoms with Crippen LogP contribution in [0.2, 0.25) is 0 Å². The molecule has 0 unspecified atom stereocenters. The molecule has 0 fully saturated rings. The Labute approximate surface area is 143 Å². The maximum absolute atomic E-state index is 12.1. The minimum atomic E-state index is -1.29. The maximum Gasteiger partial charge on any atom is 0.227 e. The smallest absolute Gasteiger partial charge is 0.227 e. The summed E-state index contributed by atoms with van der Waals surface area (Å²) in [6, 6.07) is 3.95. The third-order valence-corrected chi connectivity index (χ3v) is 5.38. The van der Waals surface area contributed by atoms with Gasteiger partial charge in [-0.2, -0.15) is 0 Å². The first-order valence-corrected chi connectivity index (χ1v) is 9.17. The summed E-state index contributed by atoms with van der Waals surface area (Å²) >= 11 is 2.19. The second-order valence-electron chi connectivity index (χ2n) is 6.31. The molecule has 0 bridgehead atoms. The Hall–Kier alpha value is -0.850. The summed E-state index contributed by atoms with van der Waals surface area (Å²) in [6.07, 6.45) is 2.08. The molecule has 1 aliphatic rings. The fourth-order valence-electron chi connectivity index (χ4n) is 2.29. The normalized spacial score (nSPS) is 17.0. The van der Waals surface area contributed by atoms with Crippen LogP contribution >= 0.6 is 15.9 Å². The van der Waals surface area contributed by atoms with Crippen molar-refractivity contribution < 1.29 is 9.35 Å². The van der Waals surface area contributed by atoms with Crippen molar-refractivity contribution in [1.29, 1.82) is 0 Å². The molecule has 1 aromatic rings. The molecule has 120 valence electrons. The highest BCUT2D eigenvalue weighted by Gasteiger charge is 2.27. The second-order valence-corrected chi connectivity index (χ2v) is 9.16. The largest absolute Gasteiger partial charge is 0.591 e. The van der Waals surface area contributed by atoms with Gasteiger partial charge in [0.25, 0.3) is 0 Å². The molecule has 2 rings (SSSR count). The number of carbonyl (C=O) groups excluding carboxylic acids is 1. The lowest BCUT2D eigenvalue weighted by atomic mass is 9.95. The van der Waals surface area contributed by atoms with Crippen LogP contribution in [0.25, 0.3) is 0 Å². The highest BCUT2D eigenvalue weighted by atomic mass is 79.9. The highest BCUT2D eigenvalue weighted by molar-refractivity contribution is 9.10. The van der Waals surface area contributed by atoms with E-state index in [1.165, 1.54) is 0 Å². The summed E-state index contributed by atoms with van der Waals surface area (Å²) in [5.74, 6) is 0.147. The maximum atomic E-state index is 12.1. The van der Waals surface area contributed by atoms with Crippen LogP contribution in [-0.2, 0) is 29.1 Å². The second kappa shape index (κ2) is 6.72. The van der Waals surface area contributed by atoms with Gasteiger partial charge in [-0.1, -0.05) is 20.3 Å². The van der Waals surface area contributed by atoms with Crippen LogP contribution in [0.4, 0.5) is 0 Å². The SMILES string of the molecule is CCN1Cc2c(/C=N/[S@@+]([O-])C(C)(C)C)cc(Br)cc2CC1=O. The molecular formula is C16H21BrN2O2S. The molecule has 22 heavy (non-hydrogen) atoms. The molecule has 1 aliphatic heterocycles. The molecule has 0 aliphatic carbocycles. The lowest BCUT2D eigenvalue weighted by molar-refractivity contribution is -0.131. The van der Waals surface area contributed by atoms with Crippen LogP contribution in [0.15, 0.2) is 21.0 Å². The number of nitrogens with zero attached hydrogens (tertiary/aromatic N) is 2. The van der Waals surface area contributed by atoms with E-state index in [1.54, 1.807) is 6.21 Å². The number of fused-ring (bicyclic) bond motifs is 1. The lowest BCUT2D eigenvalue weighted by Crippen LogP contribution is -2.36. The van der Waals surface area contributed by atoms with Gasteiger partial charge in [0.05, 0.1) is 12.6 Å². The van der Waals surface area contributed by atoms with Gasteiger partial charge >= 0.3 is 0 Å². The molecule has 0 saturated heterocycles. The van der Waals surface area contributed by atoms with E-state index < -0.39 is 11.4 Å². The van der Waals surface area contributed by atoms with Crippen molar-refractivity contribution in [2.45, 2.75) is 45.4 Å². The number of likely N-dealkylation sites (N-methyl/N-ethyl adjacent to an activating group) is 1. The first kappa shape index (κ1) is 17.5. The molecule has 1 aromatic carbocycles. The highest BCUT2D eigenvalue weighted by Crippen LogP contribution is 2.27. The van der Waals surface area contributed by atoms with Gasteiger partial charge in [0.2, 0.25) is 5.91 Å². The van der Waals surface area contributed by atoms with Gasteiger partial charge in [-0.25, -0.2) is 0 Å². The summed E-state index contributed by atoms with van der Waals surface area (Å²) < 4.78 is 16.8. The fraction of sp³-hybridized carbons (Fsp3) is 0.500. The summed E-state index contributed by atoms with van der Waals surface area (Å²) in [6.45, 7) is 8.95. The van der Waals surface area contributed by atoms with Gasteiger partial charge in [-0.15, -0.1) is 0 Å². The van der Waals surface area contributed by atoms with E-state index in [9.17, 15) is 9.35 Å². The van der Waals surface area contributed by atoms with Crippen molar-refractivity contribution in [2.75, 3.05) is 6.54 Å². The van der Waals surface area contributed by atoms with Crippen LogP contribution in [0, 0.1) is 0 Å². The summed E-state index contributed by atoms with van der Waals surface area (Å²) in [7, 11) is 0. The van der Waals surface area contributed by atoms with Crippen LogP contribution in [0.1, 0.15) is 44.4 Å². The van der Waals surface area contributed by atoms with E-state index in [4.69, 9.17) is 0 Å². The quantitative estimate of drug-likeness (QED) is 0.593. The molecule has 0 spiro atoms. The number of carbonyl (C=O) groups is 1. The Kier molecular flexibility index (Phi) is 5.35. The molecule has 0 N–H and O–H groups in total. The average molecular weight is 385 g/mol. The van der Waals surface area contributed by atoms with Crippen molar-refractivity contribution in [3.8, 4) is 0 Å². The first-order valence-electron chi connectivity index (χ1n) is 7.27. The van der Waals surface area contributed by atoms with Gasteiger partial charge in [0, 0.05) is 23.1 Å². The minimum Gasteiger partial charge on any atom is -0.591 e. The van der Waals surface area contributed by atoms with E-state index in [1.807, 2.05) is 44.7 Å². The van der Waals surface area contributed by atoms with Crippen LogP contribution in [-0.4, -0.2) is 32.9 Å². The number of rotatable bonds is 3. The molecule has 0 aromatic heterocycles. The first-order chi connectivity index (χ1) is 10.2.